The Kier molecular flexibility index (Phi) is 3.92. The number of carbonyl (C=O) groups is 1. The van der Waals surface area contributed by atoms with Crippen LogP contribution in [0.3, 0.4) is 0 Å². The van der Waals surface area contributed by atoms with Gasteiger partial charge in [-0.25, -0.2) is 13.8 Å². The maximum Gasteiger partial charge on any atom is 0.282 e. The minimum atomic E-state index is -2.96. The number of fused-ring (bicyclic) bond motifs is 1. The number of halogens is 2. The molecule has 130 valence electrons. The summed E-state index contributed by atoms with van der Waals surface area (Å²) in [7, 11) is 0. The van der Waals surface area contributed by atoms with E-state index in [1.807, 2.05) is 41.1 Å². The summed E-state index contributed by atoms with van der Waals surface area (Å²) in [5.41, 5.74) is 2.65. The zero-order valence-electron chi connectivity index (χ0n) is 13.8. The van der Waals surface area contributed by atoms with Gasteiger partial charge in [0, 0.05) is 23.4 Å². The molecule has 0 aliphatic carbocycles. The minimum absolute atomic E-state index is 0.132. The molecule has 0 unspecified atom stereocenters. The molecule has 2 aromatic carbocycles. The third kappa shape index (κ3) is 2.82. The van der Waals surface area contributed by atoms with E-state index in [1.165, 1.54) is 29.5 Å². The van der Waals surface area contributed by atoms with Gasteiger partial charge in [-0.1, -0.05) is 30.3 Å². The molecule has 6 heteroatoms. The van der Waals surface area contributed by atoms with Crippen LogP contribution in [-0.2, 0) is 10.7 Å². The smallest absolute Gasteiger partial charge is 0.274 e. The lowest BCUT2D eigenvalue weighted by Crippen LogP contribution is -2.24. The fourth-order valence-corrected chi connectivity index (χ4v) is 3.55. The van der Waals surface area contributed by atoms with Gasteiger partial charge in [0.1, 0.15) is 5.71 Å². The number of hydrogen-bond acceptors (Lipinski definition) is 3. The molecule has 3 aromatic rings. The lowest BCUT2D eigenvalue weighted by Gasteiger charge is -2.14. The van der Waals surface area contributed by atoms with Crippen LogP contribution in [0.5, 0.6) is 0 Å². The Morgan fingerprint density at radius 1 is 1.08 bits per heavy atom. The summed E-state index contributed by atoms with van der Waals surface area (Å²) >= 11 is 1.50. The maximum absolute atomic E-state index is 13.6. The van der Waals surface area contributed by atoms with Crippen molar-refractivity contribution in [2.75, 3.05) is 4.90 Å². The zero-order chi connectivity index (χ0) is 18.3. The second-order valence-corrected chi connectivity index (χ2v) is 6.82. The molecule has 1 aliphatic heterocycles. The number of thiophene rings is 1. The molecule has 0 N–H and O–H groups in total. The third-order valence-electron chi connectivity index (χ3n) is 4.16. The Labute approximate surface area is 153 Å². The quantitative estimate of drug-likeness (QED) is 0.587. The van der Waals surface area contributed by atoms with Gasteiger partial charge in [0.2, 0.25) is 0 Å². The number of hydrogen-bond donors (Lipinski definition) is 0. The maximum atomic E-state index is 13.6. The number of carbonyl (C=O) groups excluding carboxylic acids is 1. The van der Waals surface area contributed by atoms with Gasteiger partial charge in [0.15, 0.2) is 0 Å². The first-order valence-electron chi connectivity index (χ1n) is 7.98. The van der Waals surface area contributed by atoms with E-state index in [4.69, 9.17) is 0 Å². The van der Waals surface area contributed by atoms with E-state index in [0.29, 0.717) is 11.3 Å². The second kappa shape index (κ2) is 6.14. The Balaban J connectivity index is 1.83. The molecule has 1 aliphatic rings. The van der Waals surface area contributed by atoms with Crippen LogP contribution >= 0.6 is 11.3 Å². The van der Waals surface area contributed by atoms with Crippen LogP contribution < -0.4 is 4.90 Å². The molecule has 0 spiro atoms. The Morgan fingerprint density at radius 3 is 2.62 bits per heavy atom. The number of alkyl halides is 2. The van der Waals surface area contributed by atoms with Gasteiger partial charge in [-0.2, -0.15) is 11.3 Å². The summed E-state index contributed by atoms with van der Waals surface area (Å²) in [4.78, 5) is 19.0. The van der Waals surface area contributed by atoms with Crippen molar-refractivity contribution >= 4 is 40.0 Å². The van der Waals surface area contributed by atoms with Crippen LogP contribution in [0.1, 0.15) is 18.1 Å². The zero-order valence-corrected chi connectivity index (χ0v) is 14.6. The standard InChI is InChI=1S/C20H14F2N2OS/c1-20(21,22)13-5-4-6-14(11-13)23-18-16-7-2-3-8-17(16)24(19(18)25)15-9-10-26-12-15/h2-12H,1H3. The van der Waals surface area contributed by atoms with Gasteiger partial charge >= 0.3 is 0 Å². The first-order chi connectivity index (χ1) is 12.4. The van der Waals surface area contributed by atoms with Gasteiger partial charge in [0.25, 0.3) is 11.8 Å². The van der Waals surface area contributed by atoms with E-state index >= 15 is 0 Å². The number of amides is 1. The number of benzene rings is 2. The topological polar surface area (TPSA) is 32.7 Å². The van der Waals surface area contributed by atoms with Crippen LogP contribution in [0.2, 0.25) is 0 Å². The molecule has 0 fully saturated rings. The van der Waals surface area contributed by atoms with Crippen molar-refractivity contribution in [1.29, 1.82) is 0 Å². The highest BCUT2D eigenvalue weighted by atomic mass is 32.1. The fraction of sp³-hybridized carbons (Fsp3) is 0.100. The normalized spacial score (nSPS) is 15.6. The van der Waals surface area contributed by atoms with E-state index < -0.39 is 5.92 Å². The van der Waals surface area contributed by atoms with Crippen molar-refractivity contribution in [3.05, 3.63) is 76.5 Å². The predicted octanol–water partition coefficient (Wildman–Crippen LogP) is 5.66. The Hall–Kier alpha value is -2.86. The molecule has 2 heterocycles. The summed E-state index contributed by atoms with van der Waals surface area (Å²) in [5.74, 6) is -3.23. The molecule has 4 rings (SSSR count). The molecule has 3 nitrogen and oxygen atoms in total. The van der Waals surface area contributed by atoms with Gasteiger partial charge in [-0.3, -0.25) is 9.69 Å². The van der Waals surface area contributed by atoms with Crippen LogP contribution in [0.25, 0.3) is 0 Å². The molecule has 0 radical (unpaired) electrons. The summed E-state index contributed by atoms with van der Waals surface area (Å²) in [6, 6.07) is 15.0. The first kappa shape index (κ1) is 16.6. The van der Waals surface area contributed by atoms with Gasteiger partial charge in [-0.15, -0.1) is 0 Å². The fourth-order valence-electron chi connectivity index (χ4n) is 2.93. The highest BCUT2D eigenvalue weighted by Crippen LogP contribution is 2.37. The van der Waals surface area contributed by atoms with Crippen molar-refractivity contribution in [3.8, 4) is 0 Å². The number of nitrogens with zero attached hydrogens (tertiary/aromatic N) is 2. The van der Waals surface area contributed by atoms with Crippen molar-refractivity contribution in [2.45, 2.75) is 12.8 Å². The number of rotatable bonds is 3. The number of para-hydroxylation sites is 1. The summed E-state index contributed by atoms with van der Waals surface area (Å²) in [6.45, 7) is 0.841. The summed E-state index contributed by atoms with van der Waals surface area (Å²) in [6.07, 6.45) is 0. The average molecular weight is 368 g/mol. The molecule has 1 amide bonds. The number of aliphatic imine (C=N–C) groups is 1. The van der Waals surface area contributed by atoms with Crippen molar-refractivity contribution in [1.82, 2.24) is 0 Å². The van der Waals surface area contributed by atoms with Crippen molar-refractivity contribution in [3.63, 3.8) is 0 Å². The number of anilines is 2. The van der Waals surface area contributed by atoms with Crippen LogP contribution in [-0.4, -0.2) is 11.6 Å². The Morgan fingerprint density at radius 2 is 1.88 bits per heavy atom. The molecule has 1 aromatic heterocycles. The van der Waals surface area contributed by atoms with Gasteiger partial charge in [0.05, 0.1) is 17.1 Å². The van der Waals surface area contributed by atoms with E-state index in [2.05, 4.69) is 4.99 Å². The molecule has 0 atom stereocenters. The van der Waals surface area contributed by atoms with Crippen LogP contribution in [0.4, 0.5) is 25.8 Å². The SMILES string of the molecule is CC(F)(F)c1cccc(N=C2C(=O)N(c3ccsc3)c3ccccc32)c1. The van der Waals surface area contributed by atoms with E-state index in [-0.39, 0.29) is 17.2 Å². The predicted molar refractivity (Wildman–Crippen MR) is 100 cm³/mol. The molecule has 26 heavy (non-hydrogen) atoms. The molecular weight excluding hydrogens is 354 g/mol. The highest BCUT2D eigenvalue weighted by molar-refractivity contribution is 7.08. The van der Waals surface area contributed by atoms with E-state index in [0.717, 1.165) is 18.3 Å². The lowest BCUT2D eigenvalue weighted by atomic mass is 10.1. The van der Waals surface area contributed by atoms with Crippen molar-refractivity contribution in [2.24, 2.45) is 4.99 Å². The van der Waals surface area contributed by atoms with Crippen molar-refractivity contribution < 1.29 is 13.6 Å². The van der Waals surface area contributed by atoms with Crippen LogP contribution in [0, 0.1) is 0 Å². The average Bonchev–Trinajstić information content (AvgIpc) is 3.22. The monoisotopic (exact) mass is 368 g/mol. The first-order valence-corrected chi connectivity index (χ1v) is 8.92. The van der Waals surface area contributed by atoms with E-state index in [9.17, 15) is 13.6 Å². The van der Waals surface area contributed by atoms with Gasteiger partial charge in [-0.05, 0) is 29.6 Å². The van der Waals surface area contributed by atoms with Crippen LogP contribution in [0.15, 0.2) is 70.3 Å². The lowest BCUT2D eigenvalue weighted by molar-refractivity contribution is -0.111. The molecular formula is C20H14F2N2OS. The summed E-state index contributed by atoms with van der Waals surface area (Å²) in [5, 5.41) is 3.78. The summed E-state index contributed by atoms with van der Waals surface area (Å²) < 4.78 is 27.2. The minimum Gasteiger partial charge on any atom is -0.274 e. The second-order valence-electron chi connectivity index (χ2n) is 6.04. The Bertz CT molecular complexity index is 1010. The largest absolute Gasteiger partial charge is 0.282 e. The molecule has 0 saturated heterocycles. The third-order valence-corrected chi connectivity index (χ3v) is 4.83. The van der Waals surface area contributed by atoms with E-state index in [1.54, 1.807) is 11.0 Å². The molecule has 0 saturated carbocycles. The molecule has 0 bridgehead atoms. The highest BCUT2D eigenvalue weighted by Gasteiger charge is 2.35. The van der Waals surface area contributed by atoms with Gasteiger partial charge < -0.3 is 0 Å².